The quantitative estimate of drug-likeness (QED) is 0.433. The monoisotopic (exact) mass is 344 g/mol. The number of amides is 1. The van der Waals surface area contributed by atoms with Crippen molar-refractivity contribution in [3.8, 4) is 5.75 Å². The summed E-state index contributed by atoms with van der Waals surface area (Å²) >= 11 is 3.30. The van der Waals surface area contributed by atoms with E-state index in [1.165, 1.54) is 19.2 Å². The SMILES string of the molecule is CCCN(CCBr)C(=O)c1ccc(OC)c([N+](=O)[O-])c1. The Labute approximate surface area is 126 Å². The van der Waals surface area contributed by atoms with Gasteiger partial charge >= 0.3 is 5.69 Å². The van der Waals surface area contributed by atoms with Crippen molar-refractivity contribution < 1.29 is 14.5 Å². The molecule has 0 N–H and O–H groups in total. The number of carbonyl (C=O) groups is 1. The molecule has 110 valence electrons. The zero-order valence-electron chi connectivity index (χ0n) is 11.5. The first-order chi connectivity index (χ1) is 9.54. The molecule has 1 aromatic carbocycles. The number of nitro benzene ring substituents is 1. The van der Waals surface area contributed by atoms with Crippen LogP contribution < -0.4 is 4.74 Å². The van der Waals surface area contributed by atoms with E-state index in [9.17, 15) is 14.9 Å². The van der Waals surface area contributed by atoms with Gasteiger partial charge in [0.2, 0.25) is 0 Å². The highest BCUT2D eigenvalue weighted by molar-refractivity contribution is 9.09. The zero-order valence-corrected chi connectivity index (χ0v) is 13.1. The topological polar surface area (TPSA) is 72.7 Å². The first-order valence-electron chi connectivity index (χ1n) is 6.22. The van der Waals surface area contributed by atoms with Crippen molar-refractivity contribution in [3.63, 3.8) is 0 Å². The van der Waals surface area contributed by atoms with Gasteiger partial charge in [-0.1, -0.05) is 22.9 Å². The predicted octanol–water partition coefficient (Wildman–Crippen LogP) is 2.85. The van der Waals surface area contributed by atoms with E-state index < -0.39 is 4.92 Å². The molecule has 0 aromatic heterocycles. The molecule has 0 aliphatic heterocycles. The van der Waals surface area contributed by atoms with Crippen LogP contribution in [0, 0.1) is 10.1 Å². The van der Waals surface area contributed by atoms with Gasteiger partial charge in [0.25, 0.3) is 5.91 Å². The minimum atomic E-state index is -0.551. The molecule has 0 aliphatic carbocycles. The van der Waals surface area contributed by atoms with Gasteiger partial charge < -0.3 is 9.64 Å². The Balaban J connectivity index is 3.08. The van der Waals surface area contributed by atoms with Gasteiger partial charge in [-0.05, 0) is 18.6 Å². The van der Waals surface area contributed by atoms with Crippen molar-refractivity contribution in [1.29, 1.82) is 0 Å². The van der Waals surface area contributed by atoms with Crippen LogP contribution in [0.1, 0.15) is 23.7 Å². The summed E-state index contributed by atoms with van der Waals surface area (Å²) in [5.41, 5.74) is 0.0977. The average molecular weight is 345 g/mol. The molecule has 7 heteroatoms. The molecule has 1 rings (SSSR count). The minimum Gasteiger partial charge on any atom is -0.490 e. The lowest BCUT2D eigenvalue weighted by Crippen LogP contribution is -2.33. The predicted molar refractivity (Wildman–Crippen MR) is 79.6 cm³/mol. The Morgan fingerprint density at radius 2 is 2.15 bits per heavy atom. The van der Waals surface area contributed by atoms with E-state index >= 15 is 0 Å². The van der Waals surface area contributed by atoms with Crippen LogP contribution in [0.4, 0.5) is 5.69 Å². The van der Waals surface area contributed by atoms with E-state index in [0.29, 0.717) is 24.0 Å². The molecule has 0 radical (unpaired) electrons. The Bertz CT molecular complexity index is 487. The normalized spacial score (nSPS) is 10.2. The molecular formula is C13H17BrN2O4. The van der Waals surface area contributed by atoms with E-state index in [2.05, 4.69) is 15.9 Å². The first kappa shape index (κ1) is 16.4. The number of nitro groups is 1. The number of rotatable bonds is 7. The van der Waals surface area contributed by atoms with E-state index in [1.807, 2.05) is 6.92 Å². The van der Waals surface area contributed by atoms with Gasteiger partial charge in [0, 0.05) is 30.0 Å². The molecule has 20 heavy (non-hydrogen) atoms. The molecule has 0 unspecified atom stereocenters. The van der Waals surface area contributed by atoms with Crippen LogP contribution in [0.3, 0.4) is 0 Å². The van der Waals surface area contributed by atoms with Crippen LogP contribution in [-0.2, 0) is 0 Å². The smallest absolute Gasteiger partial charge is 0.311 e. The summed E-state index contributed by atoms with van der Waals surface area (Å²) in [7, 11) is 1.36. The maximum atomic E-state index is 12.3. The van der Waals surface area contributed by atoms with Gasteiger partial charge in [-0.3, -0.25) is 14.9 Å². The molecule has 0 saturated carbocycles. The number of alkyl halides is 1. The van der Waals surface area contributed by atoms with E-state index in [-0.39, 0.29) is 17.3 Å². The third-order valence-electron chi connectivity index (χ3n) is 2.76. The Morgan fingerprint density at radius 1 is 1.45 bits per heavy atom. The largest absolute Gasteiger partial charge is 0.490 e. The molecular weight excluding hydrogens is 328 g/mol. The number of halogens is 1. The van der Waals surface area contributed by atoms with E-state index in [4.69, 9.17) is 4.74 Å². The highest BCUT2D eigenvalue weighted by Crippen LogP contribution is 2.28. The van der Waals surface area contributed by atoms with Gasteiger partial charge in [0.15, 0.2) is 5.75 Å². The van der Waals surface area contributed by atoms with Gasteiger partial charge in [-0.15, -0.1) is 0 Å². The summed E-state index contributed by atoms with van der Waals surface area (Å²) in [4.78, 5) is 24.4. The second-order valence-corrected chi connectivity index (χ2v) is 4.92. The highest BCUT2D eigenvalue weighted by atomic mass is 79.9. The molecule has 0 spiro atoms. The number of ether oxygens (including phenoxy) is 1. The number of hydrogen-bond donors (Lipinski definition) is 0. The van der Waals surface area contributed by atoms with Crippen LogP contribution >= 0.6 is 15.9 Å². The molecule has 0 saturated heterocycles. The van der Waals surface area contributed by atoms with Crippen molar-refractivity contribution in [1.82, 2.24) is 4.90 Å². The van der Waals surface area contributed by atoms with Crippen LogP contribution in [0.2, 0.25) is 0 Å². The van der Waals surface area contributed by atoms with Crippen molar-refractivity contribution in [2.75, 3.05) is 25.5 Å². The van der Waals surface area contributed by atoms with Crippen LogP contribution in [0.15, 0.2) is 18.2 Å². The Kier molecular flexibility index (Phi) is 6.44. The summed E-state index contributed by atoms with van der Waals surface area (Å²) in [6.07, 6.45) is 0.830. The lowest BCUT2D eigenvalue weighted by atomic mass is 10.1. The number of carbonyl (C=O) groups excluding carboxylic acids is 1. The van der Waals surface area contributed by atoms with Gasteiger partial charge in [0.05, 0.1) is 12.0 Å². The van der Waals surface area contributed by atoms with E-state index in [1.54, 1.807) is 11.0 Å². The van der Waals surface area contributed by atoms with Crippen LogP contribution in [0.25, 0.3) is 0 Å². The van der Waals surface area contributed by atoms with Crippen LogP contribution in [-0.4, -0.2) is 41.3 Å². The summed E-state index contributed by atoms with van der Waals surface area (Å²) in [6, 6.07) is 4.26. The van der Waals surface area contributed by atoms with E-state index in [0.717, 1.165) is 6.42 Å². The number of hydrogen-bond acceptors (Lipinski definition) is 4. The molecule has 0 bridgehead atoms. The molecule has 6 nitrogen and oxygen atoms in total. The third-order valence-corrected chi connectivity index (χ3v) is 3.11. The lowest BCUT2D eigenvalue weighted by Gasteiger charge is -2.21. The fourth-order valence-electron chi connectivity index (χ4n) is 1.84. The maximum Gasteiger partial charge on any atom is 0.311 e. The van der Waals surface area contributed by atoms with Crippen molar-refractivity contribution in [3.05, 3.63) is 33.9 Å². The number of methoxy groups -OCH3 is 1. The summed E-state index contributed by atoms with van der Waals surface area (Å²) < 4.78 is 4.92. The molecule has 1 aromatic rings. The highest BCUT2D eigenvalue weighted by Gasteiger charge is 2.21. The fourth-order valence-corrected chi connectivity index (χ4v) is 2.26. The second-order valence-electron chi connectivity index (χ2n) is 4.12. The number of benzene rings is 1. The fraction of sp³-hybridized carbons (Fsp3) is 0.462. The zero-order chi connectivity index (χ0) is 15.1. The second kappa shape index (κ2) is 7.84. The summed E-state index contributed by atoms with van der Waals surface area (Å²) in [6.45, 7) is 3.15. The molecule has 0 heterocycles. The number of nitrogens with zero attached hydrogens (tertiary/aromatic N) is 2. The van der Waals surface area contributed by atoms with Crippen molar-refractivity contribution in [2.45, 2.75) is 13.3 Å². The van der Waals surface area contributed by atoms with Crippen molar-refractivity contribution in [2.24, 2.45) is 0 Å². The van der Waals surface area contributed by atoms with Gasteiger partial charge in [0.1, 0.15) is 0 Å². The van der Waals surface area contributed by atoms with Gasteiger partial charge in [-0.2, -0.15) is 0 Å². The van der Waals surface area contributed by atoms with Crippen molar-refractivity contribution >= 4 is 27.5 Å². The Morgan fingerprint density at radius 3 is 2.65 bits per heavy atom. The maximum absolute atomic E-state index is 12.3. The molecule has 0 aliphatic rings. The first-order valence-corrected chi connectivity index (χ1v) is 7.35. The average Bonchev–Trinajstić information content (AvgIpc) is 2.45. The minimum absolute atomic E-state index is 0.147. The molecule has 0 fully saturated rings. The standard InChI is InChI=1S/C13H17BrN2O4/c1-3-7-15(8-6-14)13(17)10-4-5-12(20-2)11(9-10)16(18)19/h4-5,9H,3,6-8H2,1-2H3. The molecule has 0 atom stereocenters. The van der Waals surface area contributed by atoms with Gasteiger partial charge in [-0.25, -0.2) is 0 Å². The third kappa shape index (κ3) is 3.93. The lowest BCUT2D eigenvalue weighted by molar-refractivity contribution is -0.385. The summed E-state index contributed by atoms with van der Waals surface area (Å²) in [5.74, 6) is -0.0638. The Hall–Kier alpha value is -1.63. The summed E-state index contributed by atoms with van der Waals surface area (Å²) in [5, 5.41) is 11.6. The molecule has 1 amide bonds. The van der Waals surface area contributed by atoms with Crippen LogP contribution in [0.5, 0.6) is 5.75 Å².